The lowest BCUT2D eigenvalue weighted by Crippen LogP contribution is -2.08. The lowest BCUT2D eigenvalue weighted by atomic mass is 9.98. The molecule has 3 rings (SSSR count). The normalized spacial score (nSPS) is 13.3. The first-order valence-corrected chi connectivity index (χ1v) is 12.4. The third kappa shape index (κ3) is 14.4. The molecule has 1 aliphatic rings. The summed E-state index contributed by atoms with van der Waals surface area (Å²) in [5.74, 6) is 0.862. The van der Waals surface area contributed by atoms with Crippen molar-refractivity contribution >= 4 is 12.6 Å². The van der Waals surface area contributed by atoms with Gasteiger partial charge >= 0.3 is 0 Å². The van der Waals surface area contributed by atoms with Crippen LogP contribution >= 0.6 is 12.6 Å². The summed E-state index contributed by atoms with van der Waals surface area (Å²) in [6, 6.07) is 19.5. The van der Waals surface area contributed by atoms with Crippen molar-refractivity contribution in [3.05, 3.63) is 71.3 Å². The average molecular weight is 415 g/mol. The minimum Gasteiger partial charge on any atom is -0.176 e. The molecule has 0 aromatic heterocycles. The maximum Gasteiger partial charge on any atom is 0.00168 e. The quantitative estimate of drug-likeness (QED) is 0.448. The van der Waals surface area contributed by atoms with Gasteiger partial charge in [0.2, 0.25) is 0 Å². The molecule has 1 heteroatoms. The molecule has 29 heavy (non-hydrogen) atoms. The zero-order valence-corrected chi connectivity index (χ0v) is 20.8. The molecule has 0 amide bonds. The van der Waals surface area contributed by atoms with Crippen molar-refractivity contribution in [1.29, 1.82) is 0 Å². The number of aryl methyl sites for hydroxylation is 3. The molecule has 164 valence electrons. The highest BCUT2D eigenvalue weighted by Gasteiger charge is 2.10. The van der Waals surface area contributed by atoms with E-state index in [-0.39, 0.29) is 0 Å². The Bertz CT molecular complexity index is 569. The first-order valence-electron chi connectivity index (χ1n) is 11.9. The number of rotatable bonds is 6. The van der Waals surface area contributed by atoms with Crippen LogP contribution in [-0.2, 0) is 19.3 Å². The van der Waals surface area contributed by atoms with Crippen LogP contribution in [-0.4, -0.2) is 5.25 Å². The first kappa shape index (κ1) is 27.8. The van der Waals surface area contributed by atoms with E-state index in [1.54, 1.807) is 0 Å². The van der Waals surface area contributed by atoms with Gasteiger partial charge < -0.3 is 0 Å². The van der Waals surface area contributed by atoms with E-state index in [9.17, 15) is 0 Å². The lowest BCUT2D eigenvalue weighted by molar-refractivity contribution is 0.516. The Kier molecular flexibility index (Phi) is 18.0. The number of hydrogen-bond donors (Lipinski definition) is 1. The van der Waals surface area contributed by atoms with Crippen molar-refractivity contribution in [3.8, 4) is 0 Å². The van der Waals surface area contributed by atoms with E-state index in [1.165, 1.54) is 55.2 Å². The molecule has 1 atom stereocenters. The van der Waals surface area contributed by atoms with Crippen LogP contribution in [0.3, 0.4) is 0 Å². The minimum atomic E-state index is 0.759. The number of benzene rings is 2. The summed E-state index contributed by atoms with van der Waals surface area (Å²) in [5, 5.41) is 0.759. The van der Waals surface area contributed by atoms with Gasteiger partial charge in [0.25, 0.3) is 0 Å². The van der Waals surface area contributed by atoms with E-state index in [1.807, 2.05) is 19.9 Å². The van der Waals surface area contributed by atoms with E-state index in [0.29, 0.717) is 0 Å². The summed E-state index contributed by atoms with van der Waals surface area (Å²) in [4.78, 5) is 0. The molecule has 0 bridgehead atoms. The van der Waals surface area contributed by atoms with Gasteiger partial charge in [0, 0.05) is 5.25 Å². The predicted octanol–water partition coefficient (Wildman–Crippen LogP) is 8.97. The fourth-order valence-corrected chi connectivity index (χ4v) is 3.02. The van der Waals surface area contributed by atoms with Crippen LogP contribution in [0.4, 0.5) is 0 Å². The second kappa shape index (κ2) is 18.8. The molecule has 0 saturated heterocycles. The molecule has 0 nitrogen and oxygen atoms in total. The van der Waals surface area contributed by atoms with Crippen molar-refractivity contribution in [1.82, 2.24) is 0 Å². The van der Waals surface area contributed by atoms with Crippen LogP contribution in [0, 0.1) is 5.92 Å². The number of hydrogen-bond acceptors (Lipinski definition) is 1. The Morgan fingerprint density at radius 1 is 0.793 bits per heavy atom. The van der Waals surface area contributed by atoms with Gasteiger partial charge in [0.05, 0.1) is 0 Å². The van der Waals surface area contributed by atoms with Crippen LogP contribution in [0.15, 0.2) is 54.6 Å². The molecule has 2 aromatic carbocycles. The zero-order chi connectivity index (χ0) is 21.9. The Morgan fingerprint density at radius 2 is 1.24 bits per heavy atom. The minimum absolute atomic E-state index is 0.759. The fourth-order valence-electron chi connectivity index (χ4n) is 2.66. The smallest absolute Gasteiger partial charge is 0.00168 e. The highest BCUT2D eigenvalue weighted by Crippen LogP contribution is 2.22. The largest absolute Gasteiger partial charge is 0.176 e. The highest BCUT2D eigenvalue weighted by atomic mass is 32.1. The molecule has 1 fully saturated rings. The maximum absolute atomic E-state index is 4.18. The van der Waals surface area contributed by atoms with Gasteiger partial charge in [-0.2, -0.15) is 12.6 Å². The summed E-state index contributed by atoms with van der Waals surface area (Å²) in [7, 11) is 0. The molecule has 0 radical (unpaired) electrons. The van der Waals surface area contributed by atoms with Crippen LogP contribution in [0.25, 0.3) is 0 Å². The summed E-state index contributed by atoms with van der Waals surface area (Å²) in [6.45, 7) is 13.0. The Morgan fingerprint density at radius 3 is 1.59 bits per heavy atom. The third-order valence-electron chi connectivity index (χ3n) is 5.38. The molecule has 2 aromatic rings. The first-order chi connectivity index (χ1) is 14.1. The second-order valence-electron chi connectivity index (χ2n) is 7.65. The molecular weight excluding hydrogens is 368 g/mol. The average Bonchev–Trinajstić information content (AvgIpc) is 2.79. The second-order valence-corrected chi connectivity index (χ2v) is 8.38. The molecule has 0 N–H and O–H groups in total. The van der Waals surface area contributed by atoms with Crippen LogP contribution in [0.1, 0.15) is 90.3 Å². The number of thiol groups is 1. The lowest BCUT2D eigenvalue weighted by Gasteiger charge is -2.17. The summed E-state index contributed by atoms with van der Waals surface area (Å²) < 4.78 is 0. The van der Waals surface area contributed by atoms with Gasteiger partial charge in [-0.05, 0) is 61.1 Å². The molecule has 0 aliphatic heterocycles. The molecule has 0 spiro atoms. The fraction of sp³-hybridized carbons (Fsp3) is 0.571. The van der Waals surface area contributed by atoms with Crippen molar-refractivity contribution in [2.45, 2.75) is 98.2 Å². The Balaban J connectivity index is 0.000000437. The van der Waals surface area contributed by atoms with E-state index >= 15 is 0 Å². The van der Waals surface area contributed by atoms with Crippen molar-refractivity contribution < 1.29 is 0 Å². The van der Waals surface area contributed by atoms with E-state index in [2.05, 4.69) is 88.9 Å². The van der Waals surface area contributed by atoms with Crippen LogP contribution < -0.4 is 0 Å². The van der Waals surface area contributed by atoms with E-state index < -0.39 is 0 Å². The molecule has 1 saturated carbocycles. The van der Waals surface area contributed by atoms with Gasteiger partial charge in [-0.15, -0.1) is 0 Å². The van der Waals surface area contributed by atoms with E-state index in [4.69, 9.17) is 0 Å². The molecular formula is C28H46S. The monoisotopic (exact) mass is 414 g/mol. The van der Waals surface area contributed by atoms with Gasteiger partial charge in [0.1, 0.15) is 0 Å². The topological polar surface area (TPSA) is 0 Å². The van der Waals surface area contributed by atoms with Crippen molar-refractivity contribution in [2.75, 3.05) is 0 Å². The summed E-state index contributed by atoms with van der Waals surface area (Å²) >= 11 is 4.18. The summed E-state index contributed by atoms with van der Waals surface area (Å²) in [6.07, 6.45) is 10.3. The van der Waals surface area contributed by atoms with Crippen molar-refractivity contribution in [3.63, 3.8) is 0 Å². The van der Waals surface area contributed by atoms with Gasteiger partial charge in [-0.25, -0.2) is 0 Å². The summed E-state index contributed by atoms with van der Waals surface area (Å²) in [5.41, 5.74) is 4.34. The van der Waals surface area contributed by atoms with Gasteiger partial charge in [0.15, 0.2) is 0 Å². The van der Waals surface area contributed by atoms with Gasteiger partial charge in [-0.3, -0.25) is 0 Å². The van der Waals surface area contributed by atoms with Crippen LogP contribution in [0.5, 0.6) is 0 Å². The van der Waals surface area contributed by atoms with E-state index in [0.717, 1.165) is 24.0 Å². The Hall–Kier alpha value is -1.21. The maximum atomic E-state index is 4.18. The SMILES string of the molecule is CC.CCc1ccc(CCC(C)CC)cc1.CCc1ccccc1.SC1CCC1. The zero-order valence-electron chi connectivity index (χ0n) is 20.0. The molecule has 1 aliphatic carbocycles. The molecule has 1 unspecified atom stereocenters. The highest BCUT2D eigenvalue weighted by molar-refractivity contribution is 7.81. The van der Waals surface area contributed by atoms with Crippen LogP contribution in [0.2, 0.25) is 0 Å². The standard InChI is InChI=1S/C14H22.C8H10.C4H8S.C2H6/c1-4-12(3)6-7-14-10-8-13(5-2)9-11-14;1-2-8-6-4-3-5-7-8;5-4-2-1-3-4;1-2/h8-12H,4-7H2,1-3H3;3-7H,2H2,1H3;4-5H,1-3H2;1-2H3. The van der Waals surface area contributed by atoms with Gasteiger partial charge in [-0.1, -0.05) is 109 Å². The third-order valence-corrected chi connectivity index (χ3v) is 5.90. The predicted molar refractivity (Wildman–Crippen MR) is 137 cm³/mol. The Labute approximate surface area is 187 Å². The van der Waals surface area contributed by atoms with Crippen molar-refractivity contribution in [2.24, 2.45) is 5.92 Å². The molecule has 0 heterocycles.